The normalized spacial score (nSPS) is 12.0. The molecule has 0 aliphatic carbocycles. The highest BCUT2D eigenvalue weighted by Crippen LogP contribution is 2.28. The fourth-order valence-electron chi connectivity index (χ4n) is 3.18. The lowest BCUT2D eigenvalue weighted by molar-refractivity contribution is -0.652. The number of hydrogen-bond donors (Lipinski definition) is 3. The Balaban J connectivity index is 1.70. The van der Waals surface area contributed by atoms with E-state index < -0.39 is 10.1 Å². The van der Waals surface area contributed by atoms with Crippen LogP contribution >= 0.6 is 22.7 Å². The molecule has 0 spiro atoms. The summed E-state index contributed by atoms with van der Waals surface area (Å²) in [6.07, 6.45) is 0. The molecule has 0 aliphatic heterocycles. The third kappa shape index (κ3) is 3.32. The maximum Gasteiger partial charge on any atom is 0.375 e. The molecular formula is C18H20N4O3S3+2. The summed E-state index contributed by atoms with van der Waals surface area (Å²) in [4.78, 5) is -0.0997. The summed E-state index contributed by atoms with van der Waals surface area (Å²) in [7, 11) is -4.22. The van der Waals surface area contributed by atoms with E-state index in [-0.39, 0.29) is 4.90 Å². The standard InChI is InChI=1S/C18H18N4O3S3/c1-3-21-13-7-5-6-8-15(13)26-17(21)19-20-18-22(4-2)14-10-9-12(28(23,24)25)11-16(14)27-18/h5-11H,3-4H2,1-2H3,(H,23,24,25)/p+2. The number of hydrogen-bond acceptors (Lipinski definition) is 6. The van der Waals surface area contributed by atoms with Crippen molar-refractivity contribution in [2.45, 2.75) is 31.8 Å². The zero-order chi connectivity index (χ0) is 19.9. The van der Waals surface area contributed by atoms with E-state index in [9.17, 15) is 13.0 Å². The Morgan fingerprint density at radius 1 is 0.893 bits per heavy atom. The van der Waals surface area contributed by atoms with Gasteiger partial charge in [-0.3, -0.25) is 4.55 Å². The first-order chi connectivity index (χ1) is 13.4. The van der Waals surface area contributed by atoms with E-state index in [1.807, 2.05) is 19.1 Å². The van der Waals surface area contributed by atoms with Crippen molar-refractivity contribution in [3.05, 3.63) is 42.5 Å². The lowest BCUT2D eigenvalue weighted by atomic mass is 10.3. The van der Waals surface area contributed by atoms with Crippen molar-refractivity contribution in [1.82, 2.24) is 0 Å². The quantitative estimate of drug-likeness (QED) is 0.245. The predicted octanol–water partition coefficient (Wildman–Crippen LogP) is 3.42. The molecule has 4 aromatic rings. The monoisotopic (exact) mass is 436 g/mol. The van der Waals surface area contributed by atoms with Gasteiger partial charge in [-0.05, 0) is 66.9 Å². The maximum atomic E-state index is 11.4. The minimum atomic E-state index is -4.22. The Bertz CT molecular complexity index is 1280. The first kappa shape index (κ1) is 19.1. The summed E-state index contributed by atoms with van der Waals surface area (Å²) in [5.41, 5.74) is 8.66. The number of hydrazine groups is 1. The lowest BCUT2D eigenvalue weighted by Crippen LogP contribution is -2.38. The van der Waals surface area contributed by atoms with Crippen LogP contribution in [0.5, 0.6) is 0 Å². The minimum Gasteiger partial charge on any atom is -0.282 e. The molecule has 0 fully saturated rings. The molecule has 3 N–H and O–H groups in total. The summed E-state index contributed by atoms with van der Waals surface area (Å²) in [6.45, 7) is 5.69. The molecule has 4 rings (SSSR count). The number of thiazole rings is 2. The second-order valence-corrected chi connectivity index (χ2v) is 9.61. The molecule has 0 saturated carbocycles. The van der Waals surface area contributed by atoms with Crippen molar-refractivity contribution in [1.29, 1.82) is 0 Å². The number of nitrogens with zero attached hydrogens (tertiary/aromatic N) is 2. The van der Waals surface area contributed by atoms with Gasteiger partial charge < -0.3 is 0 Å². The van der Waals surface area contributed by atoms with Gasteiger partial charge in [-0.25, -0.2) is 9.13 Å². The van der Waals surface area contributed by atoms with E-state index in [4.69, 9.17) is 0 Å². The van der Waals surface area contributed by atoms with Gasteiger partial charge >= 0.3 is 10.3 Å². The van der Waals surface area contributed by atoms with Gasteiger partial charge in [-0.2, -0.15) is 8.42 Å². The fraction of sp³-hybridized carbons (Fsp3) is 0.222. The zero-order valence-corrected chi connectivity index (χ0v) is 17.8. The van der Waals surface area contributed by atoms with Crippen LogP contribution in [0.4, 0.5) is 10.3 Å². The molecule has 0 aliphatic rings. The van der Waals surface area contributed by atoms with Crippen molar-refractivity contribution < 1.29 is 22.1 Å². The van der Waals surface area contributed by atoms with Gasteiger partial charge in [0.1, 0.15) is 11.0 Å². The van der Waals surface area contributed by atoms with Crippen LogP contribution in [0.15, 0.2) is 47.4 Å². The van der Waals surface area contributed by atoms with Crippen LogP contribution in [0, 0.1) is 0 Å². The predicted molar refractivity (Wildman–Crippen MR) is 112 cm³/mol. The highest BCUT2D eigenvalue weighted by atomic mass is 32.2. The molecule has 28 heavy (non-hydrogen) atoms. The van der Waals surface area contributed by atoms with Gasteiger partial charge in [0.15, 0.2) is 0 Å². The highest BCUT2D eigenvalue weighted by Gasteiger charge is 2.23. The summed E-state index contributed by atoms with van der Waals surface area (Å²) in [5, 5.41) is 1.84. The SMILES string of the molecule is CC[n+]1c(NNc2sc3cc(S(=O)(=O)O)ccc3[n+]2CC)sc2ccccc21. The van der Waals surface area contributed by atoms with Gasteiger partial charge in [-0.1, -0.05) is 23.0 Å². The summed E-state index contributed by atoms with van der Waals surface area (Å²) in [5.74, 6) is 0. The van der Waals surface area contributed by atoms with Crippen LogP contribution in [0.25, 0.3) is 20.4 Å². The first-order valence-corrected chi connectivity index (χ1v) is 11.9. The Hall–Kier alpha value is -2.27. The molecule has 0 saturated heterocycles. The van der Waals surface area contributed by atoms with Crippen LogP contribution < -0.4 is 20.0 Å². The van der Waals surface area contributed by atoms with Crippen LogP contribution in [0.1, 0.15) is 13.8 Å². The largest absolute Gasteiger partial charge is 0.375 e. The summed E-state index contributed by atoms with van der Waals surface area (Å²) < 4.78 is 38.4. The van der Waals surface area contributed by atoms with Gasteiger partial charge in [0, 0.05) is 0 Å². The molecule has 0 radical (unpaired) electrons. The van der Waals surface area contributed by atoms with Crippen molar-refractivity contribution in [3.8, 4) is 0 Å². The second-order valence-electron chi connectivity index (χ2n) is 6.13. The number of aromatic nitrogens is 2. The van der Waals surface area contributed by atoms with E-state index >= 15 is 0 Å². The number of benzene rings is 2. The fourth-order valence-corrected chi connectivity index (χ4v) is 5.96. The highest BCUT2D eigenvalue weighted by molar-refractivity contribution is 7.85. The minimum absolute atomic E-state index is 0.0997. The third-order valence-electron chi connectivity index (χ3n) is 4.49. The van der Waals surface area contributed by atoms with E-state index in [0.717, 1.165) is 33.6 Å². The number of aryl methyl sites for hydroxylation is 2. The molecule has 7 nitrogen and oxygen atoms in total. The molecule has 0 bridgehead atoms. The van der Waals surface area contributed by atoms with Gasteiger partial charge in [0.25, 0.3) is 10.1 Å². The van der Waals surface area contributed by atoms with Crippen LogP contribution in [0.2, 0.25) is 0 Å². The maximum absolute atomic E-state index is 11.4. The number of rotatable bonds is 6. The Labute approximate surface area is 170 Å². The zero-order valence-electron chi connectivity index (χ0n) is 15.3. The van der Waals surface area contributed by atoms with E-state index in [0.29, 0.717) is 0 Å². The number of para-hydroxylation sites is 1. The summed E-state index contributed by atoms with van der Waals surface area (Å²) >= 11 is 3.09. The summed E-state index contributed by atoms with van der Waals surface area (Å²) in [6, 6.07) is 12.9. The molecule has 0 atom stereocenters. The molecule has 0 amide bonds. The van der Waals surface area contributed by atoms with Gasteiger partial charge in [0.2, 0.25) is 0 Å². The smallest absolute Gasteiger partial charge is 0.282 e. The molecular weight excluding hydrogens is 416 g/mol. The van der Waals surface area contributed by atoms with Crippen molar-refractivity contribution >= 4 is 63.5 Å². The topological polar surface area (TPSA) is 86.2 Å². The third-order valence-corrected chi connectivity index (χ3v) is 7.48. The van der Waals surface area contributed by atoms with Gasteiger partial charge in [0.05, 0.1) is 27.4 Å². The first-order valence-electron chi connectivity index (χ1n) is 8.79. The Kier molecular flexibility index (Phi) is 4.96. The van der Waals surface area contributed by atoms with Crippen molar-refractivity contribution in [2.24, 2.45) is 0 Å². The van der Waals surface area contributed by atoms with E-state index in [1.165, 1.54) is 33.7 Å². The average molecular weight is 437 g/mol. The lowest BCUT2D eigenvalue weighted by Gasteiger charge is -1.99. The van der Waals surface area contributed by atoms with E-state index in [1.54, 1.807) is 17.4 Å². The molecule has 2 aromatic heterocycles. The molecule has 10 heteroatoms. The van der Waals surface area contributed by atoms with E-state index in [2.05, 4.69) is 39.0 Å². The molecule has 0 unspecified atom stereocenters. The molecule has 146 valence electrons. The number of fused-ring (bicyclic) bond motifs is 2. The molecule has 2 aromatic carbocycles. The Morgan fingerprint density at radius 3 is 2.07 bits per heavy atom. The average Bonchev–Trinajstić information content (AvgIpc) is 3.21. The Morgan fingerprint density at radius 2 is 1.46 bits per heavy atom. The van der Waals surface area contributed by atoms with Crippen molar-refractivity contribution in [3.63, 3.8) is 0 Å². The number of nitrogens with one attached hydrogen (secondary N) is 2. The number of anilines is 2. The van der Waals surface area contributed by atoms with Crippen molar-refractivity contribution in [2.75, 3.05) is 10.9 Å². The molecule has 2 heterocycles. The van der Waals surface area contributed by atoms with Crippen LogP contribution in [0.3, 0.4) is 0 Å². The second kappa shape index (κ2) is 7.28. The van der Waals surface area contributed by atoms with Crippen LogP contribution in [-0.4, -0.2) is 13.0 Å². The van der Waals surface area contributed by atoms with Crippen LogP contribution in [-0.2, 0) is 23.2 Å². The van der Waals surface area contributed by atoms with Gasteiger partial charge in [-0.15, -0.1) is 0 Å².